The zero-order chi connectivity index (χ0) is 20.7. The van der Waals surface area contributed by atoms with Crippen molar-refractivity contribution in [3.63, 3.8) is 0 Å². The van der Waals surface area contributed by atoms with Crippen LogP contribution in [-0.2, 0) is 9.47 Å². The van der Waals surface area contributed by atoms with Gasteiger partial charge in [0.25, 0.3) is 0 Å². The molecule has 4 saturated carbocycles. The molecule has 6 rings (SSSR count). The predicted molar refractivity (Wildman–Crippen MR) is 121 cm³/mol. The van der Waals surface area contributed by atoms with E-state index in [-0.39, 0.29) is 5.79 Å². The van der Waals surface area contributed by atoms with Crippen molar-refractivity contribution in [3.8, 4) is 0 Å². The SMILES string of the molecule is CC[C@H]1[C@H]2[C@H](C[C@H]3[C@@H]4CC[C@@H]5CCCC[C@]5(C)[C@H]4CC[C@]23C)O[C@]12CCC(C)CO2. The zero-order valence-corrected chi connectivity index (χ0v) is 20.1. The largest absolute Gasteiger partial charge is 0.349 e. The van der Waals surface area contributed by atoms with Gasteiger partial charge in [-0.2, -0.15) is 0 Å². The molecule has 0 aromatic rings. The first-order chi connectivity index (χ1) is 14.4. The van der Waals surface area contributed by atoms with E-state index in [0.29, 0.717) is 28.8 Å². The molecule has 170 valence electrons. The molecule has 0 aromatic carbocycles. The fourth-order valence-electron chi connectivity index (χ4n) is 10.6. The van der Waals surface area contributed by atoms with Gasteiger partial charge in [0.15, 0.2) is 5.79 Å². The molecule has 0 N–H and O–H groups in total. The van der Waals surface area contributed by atoms with Crippen LogP contribution in [0.3, 0.4) is 0 Å². The molecule has 0 bridgehead atoms. The Balaban J connectivity index is 1.29. The van der Waals surface area contributed by atoms with Crippen molar-refractivity contribution in [3.05, 3.63) is 0 Å². The second-order valence-electron chi connectivity index (χ2n) is 13.1. The van der Waals surface area contributed by atoms with Crippen molar-refractivity contribution in [2.45, 2.75) is 117 Å². The van der Waals surface area contributed by atoms with Crippen LogP contribution in [0.15, 0.2) is 0 Å². The Morgan fingerprint density at radius 1 is 0.867 bits per heavy atom. The molecule has 0 amide bonds. The fraction of sp³-hybridized carbons (Fsp3) is 1.00. The fourth-order valence-corrected chi connectivity index (χ4v) is 10.6. The van der Waals surface area contributed by atoms with Crippen LogP contribution in [0.2, 0.25) is 0 Å². The minimum absolute atomic E-state index is 0.242. The molecule has 1 spiro atoms. The Hall–Kier alpha value is -0.0800. The van der Waals surface area contributed by atoms with Crippen LogP contribution in [-0.4, -0.2) is 18.5 Å². The number of hydrogen-bond acceptors (Lipinski definition) is 2. The van der Waals surface area contributed by atoms with Crippen LogP contribution in [0.4, 0.5) is 0 Å². The maximum atomic E-state index is 7.01. The Bertz CT molecular complexity index is 666. The molecule has 1 unspecified atom stereocenters. The van der Waals surface area contributed by atoms with Gasteiger partial charge < -0.3 is 9.47 Å². The third kappa shape index (κ3) is 2.62. The third-order valence-electron chi connectivity index (χ3n) is 12.1. The van der Waals surface area contributed by atoms with Gasteiger partial charge in [-0.1, -0.05) is 40.5 Å². The Kier molecular flexibility index (Phi) is 4.76. The van der Waals surface area contributed by atoms with Gasteiger partial charge in [-0.05, 0) is 104 Å². The normalized spacial score (nSPS) is 60.0. The minimum Gasteiger partial charge on any atom is -0.349 e. The van der Waals surface area contributed by atoms with Gasteiger partial charge in [-0.25, -0.2) is 0 Å². The monoisotopic (exact) mass is 414 g/mol. The van der Waals surface area contributed by atoms with E-state index in [1.165, 1.54) is 70.6 Å². The van der Waals surface area contributed by atoms with Crippen LogP contribution < -0.4 is 0 Å². The highest BCUT2D eigenvalue weighted by molar-refractivity contribution is 5.15. The van der Waals surface area contributed by atoms with Gasteiger partial charge in [0.2, 0.25) is 0 Å². The lowest BCUT2D eigenvalue weighted by Crippen LogP contribution is -2.54. The van der Waals surface area contributed by atoms with Crippen molar-refractivity contribution in [1.82, 2.24) is 0 Å². The third-order valence-corrected chi connectivity index (χ3v) is 12.1. The van der Waals surface area contributed by atoms with E-state index >= 15 is 0 Å². The molecule has 0 aromatic heterocycles. The Morgan fingerprint density at radius 3 is 2.50 bits per heavy atom. The Labute approximate surface area is 185 Å². The zero-order valence-electron chi connectivity index (χ0n) is 20.1. The first kappa shape index (κ1) is 20.5. The van der Waals surface area contributed by atoms with E-state index in [1.54, 1.807) is 0 Å². The summed E-state index contributed by atoms with van der Waals surface area (Å²) >= 11 is 0. The van der Waals surface area contributed by atoms with E-state index in [4.69, 9.17) is 9.47 Å². The van der Waals surface area contributed by atoms with E-state index in [0.717, 1.165) is 42.6 Å². The van der Waals surface area contributed by atoms with E-state index in [9.17, 15) is 0 Å². The van der Waals surface area contributed by atoms with Gasteiger partial charge in [-0.15, -0.1) is 0 Å². The summed E-state index contributed by atoms with van der Waals surface area (Å²) < 4.78 is 13.6. The standard InChI is InChI=1S/C28H46O2/c1-5-21-25-24(30-28(21)15-11-18(2)17-29-28)16-23-20-10-9-19-8-6-7-13-26(19,3)22(20)12-14-27(23,25)4/h18-25H,5-17H2,1-4H3/t18?,19-,20+,21-,22-,23-,24-,25-,26-,27-,28+/m0/s1. The number of fused-ring (bicyclic) bond motifs is 7. The molecule has 11 atom stereocenters. The molecule has 2 saturated heterocycles. The highest BCUT2D eigenvalue weighted by atomic mass is 16.7. The first-order valence-electron chi connectivity index (χ1n) is 13.7. The number of ether oxygens (including phenoxy) is 2. The summed E-state index contributed by atoms with van der Waals surface area (Å²) in [4.78, 5) is 0. The minimum atomic E-state index is -0.242. The molecule has 2 heterocycles. The van der Waals surface area contributed by atoms with Crippen LogP contribution in [0.25, 0.3) is 0 Å². The van der Waals surface area contributed by atoms with E-state index in [1.807, 2.05) is 0 Å². The van der Waals surface area contributed by atoms with Gasteiger partial charge in [0, 0.05) is 12.3 Å². The summed E-state index contributed by atoms with van der Waals surface area (Å²) in [7, 11) is 0. The maximum absolute atomic E-state index is 7.01. The van der Waals surface area contributed by atoms with E-state index in [2.05, 4.69) is 27.7 Å². The van der Waals surface area contributed by atoms with Crippen LogP contribution in [0, 0.1) is 52.3 Å². The van der Waals surface area contributed by atoms with Crippen LogP contribution in [0.5, 0.6) is 0 Å². The lowest BCUT2D eigenvalue weighted by Gasteiger charge is -2.61. The molecule has 2 nitrogen and oxygen atoms in total. The van der Waals surface area contributed by atoms with Crippen molar-refractivity contribution < 1.29 is 9.47 Å². The van der Waals surface area contributed by atoms with Crippen LogP contribution in [0.1, 0.15) is 105 Å². The predicted octanol–water partition coefficient (Wildman–Crippen LogP) is 7.21. The van der Waals surface area contributed by atoms with Gasteiger partial charge >= 0.3 is 0 Å². The highest BCUT2D eigenvalue weighted by Gasteiger charge is 2.69. The lowest BCUT2D eigenvalue weighted by atomic mass is 9.44. The average molecular weight is 415 g/mol. The molecule has 30 heavy (non-hydrogen) atoms. The molecule has 6 fully saturated rings. The molecule has 6 aliphatic rings. The van der Waals surface area contributed by atoms with Gasteiger partial charge in [0.05, 0.1) is 12.7 Å². The van der Waals surface area contributed by atoms with Crippen LogP contribution >= 0.6 is 0 Å². The number of hydrogen-bond donors (Lipinski definition) is 0. The molecule has 2 heteroatoms. The van der Waals surface area contributed by atoms with Crippen molar-refractivity contribution in [2.75, 3.05) is 6.61 Å². The summed E-state index contributed by atoms with van der Waals surface area (Å²) in [6, 6.07) is 0. The summed E-state index contributed by atoms with van der Waals surface area (Å²) in [5, 5.41) is 0. The Morgan fingerprint density at radius 2 is 1.73 bits per heavy atom. The summed E-state index contributed by atoms with van der Waals surface area (Å²) in [6.45, 7) is 11.1. The van der Waals surface area contributed by atoms with Gasteiger partial charge in [-0.3, -0.25) is 0 Å². The quantitative estimate of drug-likeness (QED) is 0.451. The van der Waals surface area contributed by atoms with Crippen molar-refractivity contribution >= 4 is 0 Å². The summed E-state index contributed by atoms with van der Waals surface area (Å²) in [6.07, 6.45) is 17.4. The molecular weight excluding hydrogens is 368 g/mol. The summed E-state index contributed by atoms with van der Waals surface area (Å²) in [5.74, 6) is 5.70. The molecule has 0 radical (unpaired) electrons. The summed E-state index contributed by atoms with van der Waals surface area (Å²) in [5.41, 5.74) is 1.13. The van der Waals surface area contributed by atoms with E-state index < -0.39 is 0 Å². The molecule has 4 aliphatic carbocycles. The molecular formula is C28H46O2. The van der Waals surface area contributed by atoms with Crippen molar-refractivity contribution in [1.29, 1.82) is 0 Å². The lowest BCUT2D eigenvalue weighted by molar-refractivity contribution is -0.275. The highest BCUT2D eigenvalue weighted by Crippen LogP contribution is 2.71. The molecule has 2 aliphatic heterocycles. The first-order valence-corrected chi connectivity index (χ1v) is 13.7. The van der Waals surface area contributed by atoms with Gasteiger partial charge in [0.1, 0.15) is 0 Å². The smallest absolute Gasteiger partial charge is 0.171 e. The average Bonchev–Trinajstić information content (AvgIpc) is 3.20. The number of rotatable bonds is 1. The second kappa shape index (κ2) is 6.96. The topological polar surface area (TPSA) is 18.5 Å². The second-order valence-corrected chi connectivity index (χ2v) is 13.1. The maximum Gasteiger partial charge on any atom is 0.171 e. The van der Waals surface area contributed by atoms with Crippen molar-refractivity contribution in [2.24, 2.45) is 52.3 Å².